The smallest absolute Gasteiger partial charge is 0.146 e. The van der Waals surface area contributed by atoms with Crippen LogP contribution in [0.5, 0.6) is 0 Å². The first kappa shape index (κ1) is 9.63. The van der Waals surface area contributed by atoms with Crippen LogP contribution in [0.4, 0.5) is 0 Å². The van der Waals surface area contributed by atoms with Crippen LogP contribution in [0.25, 0.3) is 0 Å². The lowest BCUT2D eigenvalue weighted by molar-refractivity contribution is -0.118. The molecule has 0 saturated carbocycles. The highest BCUT2D eigenvalue weighted by Crippen LogP contribution is 2.04. The van der Waals surface area contributed by atoms with Crippen molar-refractivity contribution in [2.75, 3.05) is 6.54 Å². The number of hydrogen-bond donors (Lipinski definition) is 1. The summed E-state index contributed by atoms with van der Waals surface area (Å²) in [4.78, 5) is 10.6. The van der Waals surface area contributed by atoms with Crippen LogP contribution in [-0.2, 0) is 4.79 Å². The summed E-state index contributed by atoms with van der Waals surface area (Å²) in [6.45, 7) is 6.66. The minimum atomic E-state index is 0. The van der Waals surface area contributed by atoms with Gasteiger partial charge in [0.1, 0.15) is 5.78 Å². The zero-order valence-electron chi connectivity index (χ0n) is 7.11. The monoisotopic (exact) mass is 145 g/mol. The van der Waals surface area contributed by atoms with E-state index in [0.29, 0.717) is 0 Å². The summed E-state index contributed by atoms with van der Waals surface area (Å²) in [5.74, 6) is 0.280. The van der Waals surface area contributed by atoms with Gasteiger partial charge in [0.25, 0.3) is 0 Å². The lowest BCUT2D eigenvalue weighted by atomic mass is 10.2. The lowest BCUT2D eigenvalue weighted by Gasteiger charge is -2.01. The van der Waals surface area contributed by atoms with Crippen molar-refractivity contribution in [2.24, 2.45) is 0 Å². The molecule has 0 amide bonds. The van der Waals surface area contributed by atoms with Crippen LogP contribution in [0.3, 0.4) is 0 Å². The molecule has 1 saturated heterocycles. The number of nitrogens with one attached hydrogen (secondary N) is 1. The molecule has 0 aliphatic carbocycles. The molecule has 1 rings (SSSR count). The third-order valence-electron chi connectivity index (χ3n) is 1.55. The van der Waals surface area contributed by atoms with Crippen molar-refractivity contribution in [2.45, 2.75) is 39.7 Å². The molecule has 1 aliphatic rings. The summed E-state index contributed by atoms with van der Waals surface area (Å²) in [5.41, 5.74) is 0. The molecule has 62 valence electrons. The average molecular weight is 145 g/mol. The minimum Gasteiger partial charge on any atom is -0.307 e. The molecule has 0 bridgehead atoms. The molecule has 1 fully saturated rings. The van der Waals surface area contributed by atoms with Crippen molar-refractivity contribution in [1.82, 2.24) is 5.32 Å². The minimum absolute atomic E-state index is 0. The van der Waals surface area contributed by atoms with E-state index in [2.05, 4.69) is 5.32 Å². The van der Waals surface area contributed by atoms with Gasteiger partial charge in [-0.05, 0) is 26.3 Å². The standard InChI is InChI=1S/C6H11NO.C2H6.H2/c1-5(8)6-3-2-4-7-6;1-2;/h6-7H,2-4H2,1H3;1-2H3;1H. The maximum atomic E-state index is 10.6. The third-order valence-corrected chi connectivity index (χ3v) is 1.55. The molecule has 1 atom stereocenters. The van der Waals surface area contributed by atoms with E-state index >= 15 is 0 Å². The molecule has 10 heavy (non-hydrogen) atoms. The maximum absolute atomic E-state index is 10.6. The van der Waals surface area contributed by atoms with E-state index in [1.807, 2.05) is 13.8 Å². The number of rotatable bonds is 1. The quantitative estimate of drug-likeness (QED) is 0.607. The molecule has 2 nitrogen and oxygen atoms in total. The molecule has 0 spiro atoms. The fourth-order valence-corrected chi connectivity index (χ4v) is 1.03. The Bertz CT molecular complexity index is 100. The SMILES string of the molecule is CC.CC(=O)C1CCCN1.[HH]. The van der Waals surface area contributed by atoms with E-state index in [4.69, 9.17) is 0 Å². The second-order valence-electron chi connectivity index (χ2n) is 2.26. The van der Waals surface area contributed by atoms with Crippen LogP contribution < -0.4 is 5.32 Å². The molecule has 0 aromatic carbocycles. The van der Waals surface area contributed by atoms with E-state index in [0.717, 1.165) is 19.4 Å². The Morgan fingerprint density at radius 2 is 2.20 bits per heavy atom. The lowest BCUT2D eigenvalue weighted by Crippen LogP contribution is -2.28. The Hall–Kier alpha value is -0.370. The first-order valence-corrected chi connectivity index (χ1v) is 4.04. The van der Waals surface area contributed by atoms with Crippen LogP contribution in [0, 0.1) is 0 Å². The van der Waals surface area contributed by atoms with Gasteiger partial charge in [0.2, 0.25) is 0 Å². The summed E-state index contributed by atoms with van der Waals surface area (Å²) >= 11 is 0. The molecule has 1 heterocycles. The predicted molar refractivity (Wildman–Crippen MR) is 45.2 cm³/mol. The Morgan fingerprint density at radius 3 is 2.40 bits per heavy atom. The largest absolute Gasteiger partial charge is 0.307 e. The summed E-state index contributed by atoms with van der Waals surface area (Å²) in [7, 11) is 0. The van der Waals surface area contributed by atoms with Gasteiger partial charge in [-0.3, -0.25) is 4.79 Å². The molecule has 0 aromatic heterocycles. The molecule has 1 unspecified atom stereocenters. The van der Waals surface area contributed by atoms with Crippen molar-refractivity contribution in [3.8, 4) is 0 Å². The third kappa shape index (κ3) is 2.97. The van der Waals surface area contributed by atoms with Gasteiger partial charge in [-0.25, -0.2) is 0 Å². The van der Waals surface area contributed by atoms with Crippen LogP contribution in [0.15, 0.2) is 0 Å². The Labute approximate surface area is 64.5 Å². The van der Waals surface area contributed by atoms with E-state index in [9.17, 15) is 4.79 Å². The zero-order chi connectivity index (χ0) is 7.98. The fourth-order valence-electron chi connectivity index (χ4n) is 1.03. The van der Waals surface area contributed by atoms with Gasteiger partial charge in [-0.1, -0.05) is 13.8 Å². The molecule has 1 aliphatic heterocycles. The summed E-state index contributed by atoms with van der Waals surface area (Å²) in [6, 6.07) is 0.176. The van der Waals surface area contributed by atoms with Crippen molar-refractivity contribution in [1.29, 1.82) is 0 Å². The number of carbonyl (C=O) groups excluding carboxylic acids is 1. The normalized spacial score (nSPS) is 23.3. The van der Waals surface area contributed by atoms with Gasteiger partial charge in [-0.15, -0.1) is 0 Å². The number of hydrogen-bond acceptors (Lipinski definition) is 2. The molecule has 1 N–H and O–H groups in total. The predicted octanol–water partition coefficient (Wildman–Crippen LogP) is 1.60. The Kier molecular flexibility index (Phi) is 5.22. The molecule has 0 aromatic rings. The molecule has 0 radical (unpaired) electrons. The number of Topliss-reactive ketones (excluding diaryl/α,β-unsaturated/α-hetero) is 1. The summed E-state index contributed by atoms with van der Waals surface area (Å²) < 4.78 is 0. The Balaban J connectivity index is 0. The van der Waals surface area contributed by atoms with E-state index in [-0.39, 0.29) is 13.3 Å². The highest BCUT2D eigenvalue weighted by Gasteiger charge is 2.17. The summed E-state index contributed by atoms with van der Waals surface area (Å²) in [5, 5.41) is 3.11. The van der Waals surface area contributed by atoms with Crippen LogP contribution in [-0.4, -0.2) is 18.4 Å². The highest BCUT2D eigenvalue weighted by atomic mass is 16.1. The zero-order valence-corrected chi connectivity index (χ0v) is 7.11. The number of ketones is 1. The highest BCUT2D eigenvalue weighted by molar-refractivity contribution is 5.81. The first-order chi connectivity index (χ1) is 4.80. The van der Waals surface area contributed by atoms with Crippen molar-refractivity contribution >= 4 is 5.78 Å². The van der Waals surface area contributed by atoms with Crippen LogP contribution in [0.1, 0.15) is 35.0 Å². The van der Waals surface area contributed by atoms with Gasteiger partial charge in [-0.2, -0.15) is 0 Å². The van der Waals surface area contributed by atoms with Crippen molar-refractivity contribution < 1.29 is 6.22 Å². The van der Waals surface area contributed by atoms with Gasteiger partial charge in [0.05, 0.1) is 6.04 Å². The van der Waals surface area contributed by atoms with Crippen LogP contribution in [0.2, 0.25) is 0 Å². The van der Waals surface area contributed by atoms with Crippen molar-refractivity contribution in [3.63, 3.8) is 0 Å². The number of carbonyl (C=O) groups is 1. The summed E-state index contributed by atoms with van der Waals surface area (Å²) in [6.07, 6.45) is 2.19. The van der Waals surface area contributed by atoms with Gasteiger partial charge >= 0.3 is 0 Å². The first-order valence-electron chi connectivity index (χ1n) is 4.04. The fraction of sp³-hybridized carbons (Fsp3) is 0.875. The van der Waals surface area contributed by atoms with Crippen LogP contribution >= 0.6 is 0 Å². The topological polar surface area (TPSA) is 29.1 Å². The average Bonchev–Trinajstić information content (AvgIpc) is 2.42. The molecular weight excluding hydrogens is 126 g/mol. The van der Waals surface area contributed by atoms with Gasteiger partial charge in [0, 0.05) is 1.43 Å². The molecule has 2 heteroatoms. The van der Waals surface area contributed by atoms with E-state index < -0.39 is 0 Å². The van der Waals surface area contributed by atoms with E-state index in [1.165, 1.54) is 0 Å². The van der Waals surface area contributed by atoms with Crippen molar-refractivity contribution in [3.05, 3.63) is 0 Å². The van der Waals surface area contributed by atoms with E-state index in [1.54, 1.807) is 6.92 Å². The van der Waals surface area contributed by atoms with Gasteiger partial charge in [0.15, 0.2) is 0 Å². The van der Waals surface area contributed by atoms with Gasteiger partial charge < -0.3 is 5.32 Å². The molecular formula is C8H19NO. The second kappa shape index (κ2) is 5.42. The second-order valence-corrected chi connectivity index (χ2v) is 2.26. The Morgan fingerprint density at radius 1 is 1.60 bits per heavy atom. The maximum Gasteiger partial charge on any atom is 0.146 e.